The van der Waals surface area contributed by atoms with E-state index in [1.54, 1.807) is 24.3 Å². The maximum absolute atomic E-state index is 11.1. The van der Waals surface area contributed by atoms with Gasteiger partial charge in [0.25, 0.3) is 0 Å². The van der Waals surface area contributed by atoms with Gasteiger partial charge in [0, 0.05) is 5.02 Å². The second-order valence-electron chi connectivity index (χ2n) is 3.21. The van der Waals surface area contributed by atoms with Crippen LogP contribution in [0.15, 0.2) is 36.3 Å². The maximum Gasteiger partial charge on any atom is 0.376 e. The molecule has 1 aromatic carbocycles. The molecule has 0 amide bonds. The molecule has 1 rings (SSSR count). The van der Waals surface area contributed by atoms with Gasteiger partial charge >= 0.3 is 5.97 Å². The summed E-state index contributed by atoms with van der Waals surface area (Å²) in [6.07, 6.45) is 1.62. The lowest BCUT2D eigenvalue weighted by atomic mass is 10.3. The van der Waals surface area contributed by atoms with Crippen molar-refractivity contribution in [2.45, 2.75) is 13.3 Å². The number of benzene rings is 1. The Morgan fingerprint density at radius 1 is 1.41 bits per heavy atom. The smallest absolute Gasteiger partial charge is 0.376 e. The zero-order valence-corrected chi connectivity index (χ0v) is 10.1. The average Bonchev–Trinajstić information content (AvgIpc) is 2.34. The summed E-state index contributed by atoms with van der Waals surface area (Å²) >= 11 is 5.69. The molecule has 0 fully saturated rings. The lowest BCUT2D eigenvalue weighted by molar-refractivity contribution is -0.142. The highest BCUT2D eigenvalue weighted by atomic mass is 35.5. The quantitative estimate of drug-likeness (QED) is 0.500. The van der Waals surface area contributed by atoms with Crippen LogP contribution in [0.25, 0.3) is 0 Å². The Hall–Kier alpha value is -1.68. The molecule has 0 bridgehead atoms. The summed E-state index contributed by atoms with van der Waals surface area (Å²) in [5, 5.41) is 9.87. The van der Waals surface area contributed by atoms with E-state index in [-0.39, 0.29) is 6.61 Å². The van der Waals surface area contributed by atoms with E-state index in [0.717, 1.165) is 6.26 Å². The number of ether oxygens (including phenoxy) is 2. The molecule has 0 aliphatic heterocycles. The van der Waals surface area contributed by atoms with E-state index < -0.39 is 11.7 Å². The summed E-state index contributed by atoms with van der Waals surface area (Å²) in [7, 11) is 0. The van der Waals surface area contributed by atoms with Gasteiger partial charge in [-0.25, -0.2) is 4.79 Å². The van der Waals surface area contributed by atoms with Crippen LogP contribution in [0.2, 0.25) is 5.02 Å². The van der Waals surface area contributed by atoms with Gasteiger partial charge in [-0.15, -0.1) is 0 Å². The van der Waals surface area contributed by atoms with Crippen molar-refractivity contribution < 1.29 is 19.4 Å². The first kappa shape index (κ1) is 13.4. The fourth-order valence-corrected chi connectivity index (χ4v) is 1.08. The number of aliphatic hydroxyl groups is 1. The van der Waals surface area contributed by atoms with Crippen molar-refractivity contribution in [2.24, 2.45) is 0 Å². The SMILES string of the molecule is CCCOC(=O)C(O)=COc1ccc(Cl)cc1. The summed E-state index contributed by atoms with van der Waals surface area (Å²) in [5.74, 6) is -0.918. The fraction of sp³-hybridized carbons (Fsp3) is 0.250. The highest BCUT2D eigenvalue weighted by Gasteiger charge is 2.08. The number of carbonyl (C=O) groups excluding carboxylic acids is 1. The van der Waals surface area contributed by atoms with Crippen LogP contribution in [0, 0.1) is 0 Å². The molecule has 17 heavy (non-hydrogen) atoms. The first-order valence-electron chi connectivity index (χ1n) is 5.12. The van der Waals surface area contributed by atoms with Crippen LogP contribution in [-0.4, -0.2) is 17.7 Å². The lowest BCUT2D eigenvalue weighted by Gasteiger charge is -2.03. The molecule has 0 aliphatic rings. The molecular weight excluding hydrogens is 244 g/mol. The molecule has 0 spiro atoms. The van der Waals surface area contributed by atoms with E-state index in [1.165, 1.54) is 0 Å². The van der Waals surface area contributed by atoms with Crippen molar-refractivity contribution in [1.82, 2.24) is 0 Å². The van der Waals surface area contributed by atoms with E-state index in [0.29, 0.717) is 17.2 Å². The molecule has 0 radical (unpaired) electrons. The Morgan fingerprint density at radius 3 is 2.65 bits per heavy atom. The van der Waals surface area contributed by atoms with E-state index >= 15 is 0 Å². The zero-order valence-electron chi connectivity index (χ0n) is 9.35. The molecule has 1 aromatic rings. The third-order valence-electron chi connectivity index (χ3n) is 1.77. The summed E-state index contributed by atoms with van der Waals surface area (Å²) in [4.78, 5) is 11.1. The van der Waals surface area contributed by atoms with Gasteiger partial charge < -0.3 is 14.6 Å². The molecule has 0 atom stereocenters. The molecule has 0 aliphatic carbocycles. The monoisotopic (exact) mass is 256 g/mol. The van der Waals surface area contributed by atoms with E-state index in [1.807, 2.05) is 6.92 Å². The van der Waals surface area contributed by atoms with Crippen molar-refractivity contribution >= 4 is 17.6 Å². The lowest BCUT2D eigenvalue weighted by Crippen LogP contribution is -2.09. The van der Waals surface area contributed by atoms with Gasteiger partial charge in [-0.3, -0.25) is 0 Å². The van der Waals surface area contributed by atoms with Crippen LogP contribution >= 0.6 is 11.6 Å². The van der Waals surface area contributed by atoms with Gasteiger partial charge in [-0.2, -0.15) is 0 Å². The van der Waals surface area contributed by atoms with Crippen LogP contribution < -0.4 is 4.74 Å². The molecule has 5 heteroatoms. The van der Waals surface area contributed by atoms with Crippen molar-refractivity contribution in [3.63, 3.8) is 0 Å². The molecule has 0 heterocycles. The van der Waals surface area contributed by atoms with Crippen molar-refractivity contribution in [3.8, 4) is 5.75 Å². The zero-order chi connectivity index (χ0) is 12.7. The van der Waals surface area contributed by atoms with Crippen molar-refractivity contribution in [2.75, 3.05) is 6.61 Å². The second-order valence-corrected chi connectivity index (χ2v) is 3.65. The van der Waals surface area contributed by atoms with Crippen molar-refractivity contribution in [3.05, 3.63) is 41.3 Å². The number of hydrogen-bond donors (Lipinski definition) is 1. The molecule has 92 valence electrons. The third kappa shape index (κ3) is 4.78. The number of hydrogen-bond acceptors (Lipinski definition) is 4. The molecule has 0 aromatic heterocycles. The number of carbonyl (C=O) groups is 1. The molecule has 0 saturated carbocycles. The molecule has 0 unspecified atom stereocenters. The van der Waals surface area contributed by atoms with Crippen LogP contribution in [-0.2, 0) is 9.53 Å². The Kier molecular flexibility index (Phi) is 5.36. The molecule has 1 N–H and O–H groups in total. The van der Waals surface area contributed by atoms with Crippen LogP contribution in [0.4, 0.5) is 0 Å². The Balaban J connectivity index is 2.52. The predicted molar refractivity (Wildman–Crippen MR) is 64.0 cm³/mol. The summed E-state index contributed by atoms with van der Waals surface area (Å²) < 4.78 is 9.75. The Bertz CT molecular complexity index is 397. The van der Waals surface area contributed by atoms with Gasteiger partial charge in [-0.05, 0) is 30.7 Å². The normalized spacial score (nSPS) is 11.1. The highest BCUT2D eigenvalue weighted by Crippen LogP contribution is 2.15. The maximum atomic E-state index is 11.1. The van der Waals surface area contributed by atoms with Crippen LogP contribution in [0.3, 0.4) is 0 Å². The number of halogens is 1. The minimum absolute atomic E-state index is 0.262. The topological polar surface area (TPSA) is 55.8 Å². The Labute approximate surface area is 104 Å². The molecular formula is C12H13ClO4. The average molecular weight is 257 g/mol. The number of esters is 1. The van der Waals surface area contributed by atoms with E-state index in [2.05, 4.69) is 0 Å². The van der Waals surface area contributed by atoms with Gasteiger partial charge in [0.2, 0.25) is 5.76 Å². The molecule has 4 nitrogen and oxygen atoms in total. The summed E-state index contributed by atoms with van der Waals surface area (Å²) in [5.41, 5.74) is 0. The number of rotatable bonds is 5. The van der Waals surface area contributed by atoms with Gasteiger partial charge in [0.1, 0.15) is 12.0 Å². The largest absolute Gasteiger partial charge is 0.500 e. The van der Waals surface area contributed by atoms with Gasteiger partial charge in [0.15, 0.2) is 0 Å². The second kappa shape index (κ2) is 6.81. The molecule has 0 saturated heterocycles. The fourth-order valence-electron chi connectivity index (χ4n) is 0.954. The van der Waals surface area contributed by atoms with E-state index in [9.17, 15) is 9.90 Å². The predicted octanol–water partition coefficient (Wildman–Crippen LogP) is 3.07. The first-order chi connectivity index (χ1) is 8.13. The third-order valence-corrected chi connectivity index (χ3v) is 2.02. The van der Waals surface area contributed by atoms with Gasteiger partial charge in [-0.1, -0.05) is 18.5 Å². The summed E-state index contributed by atoms with van der Waals surface area (Å²) in [6, 6.07) is 6.50. The van der Waals surface area contributed by atoms with Crippen LogP contribution in [0.5, 0.6) is 5.75 Å². The Morgan fingerprint density at radius 2 is 2.06 bits per heavy atom. The van der Waals surface area contributed by atoms with E-state index in [4.69, 9.17) is 21.1 Å². The minimum Gasteiger partial charge on any atom is -0.500 e. The van der Waals surface area contributed by atoms with Crippen molar-refractivity contribution in [1.29, 1.82) is 0 Å². The minimum atomic E-state index is -0.805. The van der Waals surface area contributed by atoms with Crippen LogP contribution in [0.1, 0.15) is 13.3 Å². The highest BCUT2D eigenvalue weighted by molar-refractivity contribution is 6.30. The van der Waals surface area contributed by atoms with Gasteiger partial charge in [0.05, 0.1) is 6.61 Å². The standard InChI is InChI=1S/C12H13ClO4/c1-2-7-16-12(15)11(14)8-17-10-5-3-9(13)4-6-10/h3-6,8,14H,2,7H2,1H3. The first-order valence-corrected chi connectivity index (χ1v) is 5.49. The summed E-state index contributed by atoms with van der Waals surface area (Å²) in [6.45, 7) is 2.12. The number of aliphatic hydroxyl groups excluding tert-OH is 1.